The van der Waals surface area contributed by atoms with Crippen LogP contribution >= 0.6 is 0 Å². The second-order valence-corrected chi connectivity index (χ2v) is 5.65. The Balaban J connectivity index is 2.63. The van der Waals surface area contributed by atoms with E-state index in [0.717, 1.165) is 5.69 Å². The molecule has 104 valence electrons. The van der Waals surface area contributed by atoms with Gasteiger partial charge in [-0.2, -0.15) is 0 Å². The number of likely N-dealkylation sites (N-methyl/N-ethyl adjacent to an activating group) is 1. The van der Waals surface area contributed by atoms with Crippen molar-refractivity contribution in [3.05, 3.63) is 29.6 Å². The minimum Gasteiger partial charge on any atom is -0.350 e. The van der Waals surface area contributed by atoms with Gasteiger partial charge in [-0.15, -0.1) is 0 Å². The zero-order chi connectivity index (χ0) is 14.6. The first-order chi connectivity index (χ1) is 8.69. The van der Waals surface area contributed by atoms with Crippen LogP contribution in [-0.4, -0.2) is 40.8 Å². The molecule has 0 bridgehead atoms. The predicted molar refractivity (Wildman–Crippen MR) is 73.8 cm³/mol. The number of pyridine rings is 1. The zero-order valence-electron chi connectivity index (χ0n) is 12.2. The van der Waals surface area contributed by atoms with Crippen molar-refractivity contribution in [3.8, 4) is 0 Å². The number of hydrogen-bond acceptors (Lipinski definition) is 3. The maximum Gasteiger partial charge on any atom is 0.255 e. The number of nitrogens with one attached hydrogen (secondary N) is 1. The Morgan fingerprint density at radius 2 is 1.95 bits per heavy atom. The topological polar surface area (TPSA) is 62.3 Å². The fourth-order valence-corrected chi connectivity index (χ4v) is 1.56. The number of aryl methyl sites for hydroxylation is 1. The molecule has 1 aromatic heterocycles. The van der Waals surface area contributed by atoms with Gasteiger partial charge in [0.2, 0.25) is 5.91 Å². The summed E-state index contributed by atoms with van der Waals surface area (Å²) >= 11 is 0. The molecule has 19 heavy (non-hydrogen) atoms. The summed E-state index contributed by atoms with van der Waals surface area (Å²) in [6, 6.07) is 3.49. The molecule has 0 radical (unpaired) electrons. The Bertz CT molecular complexity index is 461. The molecular formula is C14H21N3O2. The summed E-state index contributed by atoms with van der Waals surface area (Å²) in [5.41, 5.74) is 1.04. The number of amides is 2. The van der Waals surface area contributed by atoms with Gasteiger partial charge in [0.15, 0.2) is 0 Å². The van der Waals surface area contributed by atoms with Crippen molar-refractivity contribution in [2.45, 2.75) is 33.2 Å². The molecule has 1 N–H and O–H groups in total. The van der Waals surface area contributed by atoms with Gasteiger partial charge < -0.3 is 10.2 Å². The summed E-state index contributed by atoms with van der Waals surface area (Å²) in [7, 11) is 1.60. The van der Waals surface area contributed by atoms with Crippen molar-refractivity contribution in [2.24, 2.45) is 0 Å². The van der Waals surface area contributed by atoms with E-state index in [-0.39, 0.29) is 23.9 Å². The highest BCUT2D eigenvalue weighted by Gasteiger charge is 2.18. The van der Waals surface area contributed by atoms with Gasteiger partial charge in [-0.1, -0.05) is 0 Å². The van der Waals surface area contributed by atoms with Crippen LogP contribution in [0.4, 0.5) is 0 Å². The molecule has 1 rings (SSSR count). The van der Waals surface area contributed by atoms with Gasteiger partial charge in [0.25, 0.3) is 5.91 Å². The van der Waals surface area contributed by atoms with Gasteiger partial charge in [0.1, 0.15) is 0 Å². The van der Waals surface area contributed by atoms with Crippen molar-refractivity contribution in [1.82, 2.24) is 15.2 Å². The summed E-state index contributed by atoms with van der Waals surface area (Å²) in [5, 5.41) is 2.82. The van der Waals surface area contributed by atoms with Gasteiger partial charge in [0.05, 0.1) is 12.1 Å². The van der Waals surface area contributed by atoms with E-state index in [1.807, 2.05) is 27.7 Å². The highest BCUT2D eigenvalue weighted by molar-refractivity contribution is 5.96. The molecule has 0 aliphatic rings. The molecule has 1 heterocycles. The first kappa shape index (κ1) is 15.1. The predicted octanol–water partition coefficient (Wildman–Crippen LogP) is 1.38. The molecule has 1 aromatic rings. The van der Waals surface area contributed by atoms with E-state index < -0.39 is 0 Å². The molecule has 0 aliphatic heterocycles. The smallest absolute Gasteiger partial charge is 0.255 e. The van der Waals surface area contributed by atoms with Crippen molar-refractivity contribution >= 4 is 11.8 Å². The third-order valence-corrected chi connectivity index (χ3v) is 2.40. The minimum atomic E-state index is -0.299. The number of hydrogen-bond donors (Lipinski definition) is 1. The molecule has 5 heteroatoms. The summed E-state index contributed by atoms with van der Waals surface area (Å²) in [5.74, 6) is -0.389. The van der Waals surface area contributed by atoms with Gasteiger partial charge >= 0.3 is 0 Å². The fourth-order valence-electron chi connectivity index (χ4n) is 1.56. The molecule has 2 amide bonds. The summed E-state index contributed by atoms with van der Waals surface area (Å²) in [6.07, 6.45) is 1.52. The van der Waals surface area contributed by atoms with E-state index in [9.17, 15) is 9.59 Å². The van der Waals surface area contributed by atoms with Gasteiger partial charge in [-0.3, -0.25) is 14.6 Å². The quantitative estimate of drug-likeness (QED) is 0.896. The van der Waals surface area contributed by atoms with Gasteiger partial charge in [-0.05, 0) is 39.8 Å². The van der Waals surface area contributed by atoms with Crippen LogP contribution in [0, 0.1) is 6.92 Å². The highest BCUT2D eigenvalue weighted by atomic mass is 16.2. The lowest BCUT2D eigenvalue weighted by Crippen LogP contribution is -2.46. The Kier molecular flexibility index (Phi) is 4.64. The zero-order valence-corrected chi connectivity index (χ0v) is 12.2. The Morgan fingerprint density at radius 1 is 1.32 bits per heavy atom. The first-order valence-electron chi connectivity index (χ1n) is 6.18. The van der Waals surface area contributed by atoms with E-state index in [4.69, 9.17) is 0 Å². The Morgan fingerprint density at radius 3 is 2.42 bits per heavy atom. The van der Waals surface area contributed by atoms with Crippen molar-refractivity contribution < 1.29 is 9.59 Å². The molecule has 0 atom stereocenters. The van der Waals surface area contributed by atoms with Crippen molar-refractivity contribution in [3.63, 3.8) is 0 Å². The second-order valence-electron chi connectivity index (χ2n) is 5.65. The van der Waals surface area contributed by atoms with Crippen molar-refractivity contribution in [1.29, 1.82) is 0 Å². The van der Waals surface area contributed by atoms with E-state index in [1.165, 1.54) is 11.1 Å². The number of aromatic nitrogens is 1. The molecule has 0 fully saturated rings. The van der Waals surface area contributed by atoms with Crippen LogP contribution in [0.2, 0.25) is 0 Å². The number of carbonyl (C=O) groups is 2. The third-order valence-electron chi connectivity index (χ3n) is 2.40. The van der Waals surface area contributed by atoms with E-state index >= 15 is 0 Å². The van der Waals surface area contributed by atoms with Crippen LogP contribution in [0.25, 0.3) is 0 Å². The summed E-state index contributed by atoms with van der Waals surface area (Å²) in [6.45, 7) is 7.59. The van der Waals surface area contributed by atoms with Gasteiger partial charge in [0, 0.05) is 24.5 Å². The third kappa shape index (κ3) is 5.07. The average molecular weight is 263 g/mol. The largest absolute Gasteiger partial charge is 0.350 e. The molecule has 0 saturated heterocycles. The SMILES string of the molecule is Cc1ccc(C(=O)N(C)CC(=O)NC(C)(C)C)cn1. The molecular weight excluding hydrogens is 242 g/mol. The molecule has 0 unspecified atom stereocenters. The van der Waals surface area contributed by atoms with Crippen LogP contribution in [0.1, 0.15) is 36.8 Å². The Hall–Kier alpha value is -1.91. The molecule has 0 saturated carbocycles. The number of nitrogens with zero attached hydrogens (tertiary/aromatic N) is 2. The lowest BCUT2D eigenvalue weighted by atomic mass is 10.1. The van der Waals surface area contributed by atoms with Crippen LogP contribution in [0.5, 0.6) is 0 Å². The fraction of sp³-hybridized carbons (Fsp3) is 0.500. The molecule has 5 nitrogen and oxygen atoms in total. The van der Waals surface area contributed by atoms with Crippen LogP contribution < -0.4 is 5.32 Å². The number of carbonyl (C=O) groups excluding carboxylic acids is 2. The van der Waals surface area contributed by atoms with Gasteiger partial charge in [-0.25, -0.2) is 0 Å². The van der Waals surface area contributed by atoms with Crippen LogP contribution in [-0.2, 0) is 4.79 Å². The molecule has 0 spiro atoms. The van der Waals surface area contributed by atoms with Crippen molar-refractivity contribution in [2.75, 3.05) is 13.6 Å². The normalized spacial score (nSPS) is 11.0. The lowest BCUT2D eigenvalue weighted by molar-refractivity contribution is -0.122. The van der Waals surface area contributed by atoms with E-state index in [0.29, 0.717) is 5.56 Å². The Labute approximate surface area is 114 Å². The maximum absolute atomic E-state index is 12.1. The molecule has 0 aliphatic carbocycles. The summed E-state index contributed by atoms with van der Waals surface area (Å²) in [4.78, 5) is 29.3. The maximum atomic E-state index is 12.1. The summed E-state index contributed by atoms with van der Waals surface area (Å²) < 4.78 is 0. The first-order valence-corrected chi connectivity index (χ1v) is 6.18. The monoisotopic (exact) mass is 263 g/mol. The highest BCUT2D eigenvalue weighted by Crippen LogP contribution is 2.04. The average Bonchev–Trinajstić information content (AvgIpc) is 2.26. The molecule has 0 aromatic carbocycles. The lowest BCUT2D eigenvalue weighted by Gasteiger charge is -2.23. The second kappa shape index (κ2) is 5.82. The minimum absolute atomic E-state index is 0.0317. The van der Waals surface area contributed by atoms with E-state index in [2.05, 4.69) is 10.3 Å². The van der Waals surface area contributed by atoms with Crippen LogP contribution in [0.15, 0.2) is 18.3 Å². The van der Waals surface area contributed by atoms with Crippen LogP contribution in [0.3, 0.4) is 0 Å². The number of rotatable bonds is 3. The van der Waals surface area contributed by atoms with E-state index in [1.54, 1.807) is 19.2 Å². The standard InChI is InChI=1S/C14H21N3O2/c1-10-6-7-11(8-15-10)13(19)17(5)9-12(18)16-14(2,3)4/h6-8H,9H2,1-5H3,(H,16,18).